The van der Waals surface area contributed by atoms with E-state index in [1.165, 1.54) is 5.56 Å². The van der Waals surface area contributed by atoms with Gasteiger partial charge in [-0.25, -0.2) is 4.98 Å². The first-order valence-corrected chi connectivity index (χ1v) is 7.62. The minimum atomic E-state index is 0.155. The summed E-state index contributed by atoms with van der Waals surface area (Å²) in [6, 6.07) is 6.18. The minimum absolute atomic E-state index is 0.155. The average molecular weight is 314 g/mol. The molecule has 1 aliphatic rings. The normalized spacial score (nSPS) is 19.3. The Hall–Kier alpha value is -2.21. The fraction of sp³-hybridized carbons (Fsp3) is 0.471. The summed E-state index contributed by atoms with van der Waals surface area (Å²) in [6.45, 7) is 5.80. The number of ether oxygens (including phenoxy) is 2. The van der Waals surface area contributed by atoms with Gasteiger partial charge < -0.3 is 14.4 Å². The SMILES string of the molecule is COCc1nc(OC)cc(N2CC(C)(C)C2c2cccnc2)n1. The van der Waals surface area contributed by atoms with Crippen molar-refractivity contribution in [1.82, 2.24) is 15.0 Å². The number of nitrogens with zero attached hydrogens (tertiary/aromatic N) is 4. The van der Waals surface area contributed by atoms with Gasteiger partial charge in [0.2, 0.25) is 5.88 Å². The lowest BCUT2D eigenvalue weighted by atomic mass is 9.72. The van der Waals surface area contributed by atoms with Gasteiger partial charge in [0.05, 0.1) is 13.2 Å². The lowest BCUT2D eigenvalue weighted by Gasteiger charge is -2.55. The van der Waals surface area contributed by atoms with Gasteiger partial charge in [0.25, 0.3) is 0 Å². The van der Waals surface area contributed by atoms with Crippen LogP contribution in [0.15, 0.2) is 30.6 Å². The Labute approximate surface area is 136 Å². The van der Waals surface area contributed by atoms with Crippen LogP contribution in [0.5, 0.6) is 5.88 Å². The van der Waals surface area contributed by atoms with Crippen LogP contribution in [0.1, 0.15) is 31.3 Å². The predicted molar refractivity (Wildman–Crippen MR) is 87.4 cm³/mol. The van der Waals surface area contributed by atoms with E-state index in [0.29, 0.717) is 18.3 Å². The number of pyridine rings is 1. The van der Waals surface area contributed by atoms with E-state index in [4.69, 9.17) is 9.47 Å². The zero-order chi connectivity index (χ0) is 16.4. The Balaban J connectivity index is 1.96. The van der Waals surface area contributed by atoms with E-state index in [2.05, 4.69) is 39.8 Å². The maximum absolute atomic E-state index is 5.31. The molecule has 6 nitrogen and oxygen atoms in total. The molecule has 3 rings (SSSR count). The molecule has 6 heteroatoms. The van der Waals surface area contributed by atoms with Crippen LogP contribution in [-0.4, -0.2) is 35.7 Å². The summed E-state index contributed by atoms with van der Waals surface area (Å²) >= 11 is 0. The van der Waals surface area contributed by atoms with Crippen LogP contribution < -0.4 is 9.64 Å². The molecule has 122 valence electrons. The number of hydrogen-bond donors (Lipinski definition) is 0. The van der Waals surface area contributed by atoms with Gasteiger partial charge >= 0.3 is 0 Å². The third kappa shape index (κ3) is 2.99. The average Bonchev–Trinajstić information content (AvgIpc) is 2.54. The van der Waals surface area contributed by atoms with Crippen molar-refractivity contribution in [2.24, 2.45) is 5.41 Å². The first-order valence-electron chi connectivity index (χ1n) is 7.62. The van der Waals surface area contributed by atoms with E-state index in [9.17, 15) is 0 Å². The summed E-state index contributed by atoms with van der Waals surface area (Å²) in [4.78, 5) is 15.5. The highest BCUT2D eigenvalue weighted by Gasteiger charge is 2.47. The van der Waals surface area contributed by atoms with Crippen LogP contribution in [-0.2, 0) is 11.3 Å². The first-order chi connectivity index (χ1) is 11.0. The van der Waals surface area contributed by atoms with Crippen LogP contribution in [0.2, 0.25) is 0 Å². The molecule has 0 saturated carbocycles. The third-order valence-corrected chi connectivity index (χ3v) is 4.14. The van der Waals surface area contributed by atoms with Gasteiger partial charge in [-0.1, -0.05) is 19.9 Å². The van der Waals surface area contributed by atoms with E-state index in [0.717, 1.165) is 12.4 Å². The Bertz CT molecular complexity index is 676. The Morgan fingerprint density at radius 3 is 2.74 bits per heavy atom. The van der Waals surface area contributed by atoms with Crippen molar-refractivity contribution < 1.29 is 9.47 Å². The van der Waals surface area contributed by atoms with Crippen molar-refractivity contribution in [3.63, 3.8) is 0 Å². The van der Waals surface area contributed by atoms with E-state index in [1.54, 1.807) is 20.4 Å². The van der Waals surface area contributed by atoms with Crippen molar-refractivity contribution in [1.29, 1.82) is 0 Å². The van der Waals surface area contributed by atoms with Gasteiger partial charge in [0.15, 0.2) is 5.82 Å². The molecule has 0 spiro atoms. The van der Waals surface area contributed by atoms with Gasteiger partial charge in [0.1, 0.15) is 12.4 Å². The number of rotatable bonds is 5. The molecule has 0 aromatic carbocycles. The Kier molecular flexibility index (Phi) is 4.17. The lowest BCUT2D eigenvalue weighted by Crippen LogP contribution is -2.56. The molecule has 0 radical (unpaired) electrons. The number of aromatic nitrogens is 3. The maximum Gasteiger partial charge on any atom is 0.218 e. The molecule has 3 heterocycles. The molecule has 1 fully saturated rings. The molecule has 1 unspecified atom stereocenters. The van der Waals surface area contributed by atoms with Crippen molar-refractivity contribution >= 4 is 5.82 Å². The molecule has 23 heavy (non-hydrogen) atoms. The van der Waals surface area contributed by atoms with E-state index in [-0.39, 0.29) is 11.5 Å². The van der Waals surface area contributed by atoms with Crippen LogP contribution in [0, 0.1) is 5.41 Å². The molecule has 0 bridgehead atoms. The van der Waals surface area contributed by atoms with Gasteiger partial charge in [-0.3, -0.25) is 4.98 Å². The fourth-order valence-corrected chi connectivity index (χ4v) is 3.21. The highest BCUT2D eigenvalue weighted by atomic mass is 16.5. The van der Waals surface area contributed by atoms with Gasteiger partial charge in [-0.2, -0.15) is 4.98 Å². The molecule has 2 aromatic heterocycles. The van der Waals surface area contributed by atoms with Gasteiger partial charge in [-0.05, 0) is 11.6 Å². The maximum atomic E-state index is 5.31. The summed E-state index contributed by atoms with van der Waals surface area (Å²) < 4.78 is 10.5. The standard InChI is InChI=1S/C17H22N4O2/c1-17(2)11-21(16(17)12-6-5-7-18-9-12)14-8-15(23-4)20-13(19-14)10-22-3/h5-9,16H,10-11H2,1-4H3. The van der Waals surface area contributed by atoms with Gasteiger partial charge in [-0.15, -0.1) is 0 Å². The highest BCUT2D eigenvalue weighted by molar-refractivity contribution is 5.50. The molecule has 1 aliphatic heterocycles. The summed E-state index contributed by atoms with van der Waals surface area (Å²) in [5, 5.41) is 0. The van der Waals surface area contributed by atoms with Crippen molar-refractivity contribution in [3.05, 3.63) is 42.0 Å². The monoisotopic (exact) mass is 314 g/mol. The molecule has 1 atom stereocenters. The number of hydrogen-bond acceptors (Lipinski definition) is 6. The van der Waals surface area contributed by atoms with Crippen LogP contribution >= 0.6 is 0 Å². The predicted octanol–water partition coefficient (Wildman–Crippen LogP) is 2.61. The summed E-state index contributed by atoms with van der Waals surface area (Å²) in [6.07, 6.45) is 3.72. The Morgan fingerprint density at radius 2 is 2.13 bits per heavy atom. The summed E-state index contributed by atoms with van der Waals surface area (Å²) in [5.74, 6) is 2.03. The van der Waals surface area contributed by atoms with E-state index in [1.807, 2.05) is 18.3 Å². The Morgan fingerprint density at radius 1 is 1.30 bits per heavy atom. The van der Waals surface area contributed by atoms with Crippen LogP contribution in [0.4, 0.5) is 5.82 Å². The van der Waals surface area contributed by atoms with E-state index < -0.39 is 0 Å². The second kappa shape index (κ2) is 6.12. The number of methoxy groups -OCH3 is 2. The molecular formula is C17H22N4O2. The molecule has 2 aromatic rings. The largest absolute Gasteiger partial charge is 0.481 e. The zero-order valence-electron chi connectivity index (χ0n) is 14.0. The smallest absolute Gasteiger partial charge is 0.218 e. The second-order valence-corrected chi connectivity index (χ2v) is 6.42. The molecule has 0 N–H and O–H groups in total. The highest BCUT2D eigenvalue weighted by Crippen LogP contribution is 2.50. The first kappa shape index (κ1) is 15.7. The molecule has 0 aliphatic carbocycles. The molecular weight excluding hydrogens is 292 g/mol. The zero-order valence-corrected chi connectivity index (χ0v) is 14.0. The topological polar surface area (TPSA) is 60.4 Å². The lowest BCUT2D eigenvalue weighted by molar-refractivity contribution is 0.171. The fourth-order valence-electron chi connectivity index (χ4n) is 3.21. The quantitative estimate of drug-likeness (QED) is 0.845. The number of anilines is 1. The third-order valence-electron chi connectivity index (χ3n) is 4.14. The van der Waals surface area contributed by atoms with Crippen molar-refractivity contribution in [3.8, 4) is 5.88 Å². The molecule has 1 saturated heterocycles. The summed E-state index contributed by atoms with van der Waals surface area (Å²) in [5.41, 5.74) is 1.34. The van der Waals surface area contributed by atoms with Crippen molar-refractivity contribution in [2.45, 2.75) is 26.5 Å². The minimum Gasteiger partial charge on any atom is -0.481 e. The second-order valence-electron chi connectivity index (χ2n) is 6.42. The summed E-state index contributed by atoms with van der Waals surface area (Å²) in [7, 11) is 3.25. The van der Waals surface area contributed by atoms with Crippen LogP contribution in [0.3, 0.4) is 0 Å². The van der Waals surface area contributed by atoms with Crippen molar-refractivity contribution in [2.75, 3.05) is 25.7 Å². The molecule has 0 amide bonds. The van der Waals surface area contributed by atoms with Crippen LogP contribution in [0.25, 0.3) is 0 Å². The van der Waals surface area contributed by atoms with Gasteiger partial charge in [0, 0.05) is 37.5 Å². The van der Waals surface area contributed by atoms with E-state index >= 15 is 0 Å².